The van der Waals surface area contributed by atoms with Crippen LogP contribution in [0.5, 0.6) is 5.75 Å². The summed E-state index contributed by atoms with van der Waals surface area (Å²) < 4.78 is 9.21. The highest BCUT2D eigenvalue weighted by Gasteiger charge is 2.17. The molecule has 110 valence electrons. The Bertz CT molecular complexity index is 790. The number of benzene rings is 1. The molecule has 0 spiro atoms. The second-order valence-corrected chi connectivity index (χ2v) is 5.11. The molecular weight excluding hydrogens is 288 g/mol. The number of ether oxygens (including phenoxy) is 1. The van der Waals surface area contributed by atoms with Gasteiger partial charge in [0.1, 0.15) is 11.6 Å². The molecule has 1 aromatic carbocycles. The monoisotopic (exact) mass is 304 g/mol. The van der Waals surface area contributed by atoms with Crippen molar-refractivity contribution in [3.8, 4) is 11.4 Å². The number of hydrogen-bond acceptors (Lipinski definition) is 3. The van der Waals surface area contributed by atoms with Crippen LogP contribution in [0.1, 0.15) is 18.4 Å². The highest BCUT2D eigenvalue weighted by atomic mass is 35.5. The molecule has 0 saturated heterocycles. The number of alkyl halides is 1. The predicted octanol–water partition coefficient (Wildman–Crippen LogP) is 3.07. The summed E-state index contributed by atoms with van der Waals surface area (Å²) in [6.07, 6.45) is 2.84. The number of aromatic nitrogens is 4. The van der Waals surface area contributed by atoms with E-state index in [0.29, 0.717) is 5.88 Å². The molecule has 0 N–H and O–H groups in total. The summed E-state index contributed by atoms with van der Waals surface area (Å²) in [5, 5.41) is 4.50. The maximum atomic E-state index is 6.09. The van der Waals surface area contributed by atoms with E-state index in [2.05, 4.69) is 21.6 Å². The van der Waals surface area contributed by atoms with Crippen LogP contribution in [0.25, 0.3) is 16.7 Å². The van der Waals surface area contributed by atoms with Crippen LogP contribution >= 0.6 is 11.6 Å². The van der Waals surface area contributed by atoms with Crippen molar-refractivity contribution in [2.24, 2.45) is 7.05 Å². The van der Waals surface area contributed by atoms with Gasteiger partial charge in [0.15, 0.2) is 0 Å². The summed E-state index contributed by atoms with van der Waals surface area (Å²) in [5.74, 6) is 1.95. The van der Waals surface area contributed by atoms with Crippen LogP contribution in [0.3, 0.4) is 0 Å². The Morgan fingerprint density at radius 2 is 2.14 bits per heavy atom. The van der Waals surface area contributed by atoms with E-state index in [1.807, 2.05) is 36.1 Å². The van der Waals surface area contributed by atoms with Gasteiger partial charge in [0.05, 0.1) is 35.4 Å². The third kappa shape index (κ3) is 2.27. The van der Waals surface area contributed by atoms with Crippen LogP contribution in [-0.2, 0) is 19.3 Å². The zero-order chi connectivity index (χ0) is 15.0. The summed E-state index contributed by atoms with van der Waals surface area (Å²) in [4.78, 5) is 4.61. The second-order valence-electron chi connectivity index (χ2n) is 4.84. The van der Waals surface area contributed by atoms with Crippen LogP contribution in [-0.4, -0.2) is 26.4 Å². The topological polar surface area (TPSA) is 44.9 Å². The summed E-state index contributed by atoms with van der Waals surface area (Å²) in [7, 11) is 3.58. The zero-order valence-corrected chi connectivity index (χ0v) is 13.1. The van der Waals surface area contributed by atoms with Gasteiger partial charge in [-0.3, -0.25) is 9.25 Å². The summed E-state index contributed by atoms with van der Waals surface area (Å²) in [5.41, 5.74) is 3.92. The molecule has 6 heteroatoms. The van der Waals surface area contributed by atoms with Crippen molar-refractivity contribution >= 4 is 22.6 Å². The van der Waals surface area contributed by atoms with Crippen LogP contribution in [0, 0.1) is 0 Å². The molecule has 3 aromatic rings. The fourth-order valence-electron chi connectivity index (χ4n) is 2.55. The Morgan fingerprint density at radius 1 is 1.33 bits per heavy atom. The van der Waals surface area contributed by atoms with Gasteiger partial charge in [0.25, 0.3) is 0 Å². The van der Waals surface area contributed by atoms with Gasteiger partial charge in [0, 0.05) is 19.3 Å². The zero-order valence-electron chi connectivity index (χ0n) is 12.3. The van der Waals surface area contributed by atoms with Gasteiger partial charge >= 0.3 is 0 Å². The van der Waals surface area contributed by atoms with Gasteiger partial charge in [-0.1, -0.05) is 6.92 Å². The van der Waals surface area contributed by atoms with E-state index in [0.717, 1.165) is 40.4 Å². The number of rotatable bonds is 4. The molecule has 0 aliphatic rings. The fourth-order valence-corrected chi connectivity index (χ4v) is 2.73. The van der Waals surface area contributed by atoms with E-state index in [1.165, 1.54) is 0 Å². The minimum absolute atomic E-state index is 0.342. The van der Waals surface area contributed by atoms with Gasteiger partial charge in [-0.25, -0.2) is 4.98 Å². The number of hydrogen-bond donors (Lipinski definition) is 0. The first-order chi connectivity index (χ1) is 10.2. The first kappa shape index (κ1) is 13.9. The molecule has 5 nitrogen and oxygen atoms in total. The Kier molecular flexibility index (Phi) is 3.59. The molecule has 0 aliphatic carbocycles. The molecule has 0 fully saturated rings. The number of aryl methyl sites for hydroxylation is 2. The molecule has 0 amide bonds. The Hall–Kier alpha value is -2.01. The Balaban J connectivity index is 2.33. The van der Waals surface area contributed by atoms with E-state index >= 15 is 0 Å². The first-order valence-electron chi connectivity index (χ1n) is 6.82. The van der Waals surface area contributed by atoms with Gasteiger partial charge in [-0.2, -0.15) is 5.10 Å². The number of imidazole rings is 1. The highest BCUT2D eigenvalue weighted by molar-refractivity contribution is 6.17. The minimum Gasteiger partial charge on any atom is -0.497 e. The lowest BCUT2D eigenvalue weighted by Crippen LogP contribution is -2.01. The molecular formula is C15H17ClN4O. The smallest absolute Gasteiger partial charge is 0.129 e. The van der Waals surface area contributed by atoms with Crippen molar-refractivity contribution in [1.82, 2.24) is 19.3 Å². The van der Waals surface area contributed by atoms with Crippen LogP contribution in [0.4, 0.5) is 0 Å². The van der Waals surface area contributed by atoms with E-state index in [-0.39, 0.29) is 0 Å². The Morgan fingerprint density at radius 3 is 2.81 bits per heavy atom. The van der Waals surface area contributed by atoms with Gasteiger partial charge in [-0.15, -0.1) is 11.6 Å². The third-order valence-electron chi connectivity index (χ3n) is 3.51. The van der Waals surface area contributed by atoms with Crippen molar-refractivity contribution in [2.75, 3.05) is 7.11 Å². The molecule has 2 aromatic heterocycles. The van der Waals surface area contributed by atoms with Crippen molar-refractivity contribution in [1.29, 1.82) is 0 Å². The molecule has 0 saturated carbocycles. The molecule has 2 heterocycles. The molecule has 21 heavy (non-hydrogen) atoms. The van der Waals surface area contributed by atoms with Gasteiger partial charge in [-0.05, 0) is 18.6 Å². The van der Waals surface area contributed by atoms with E-state index < -0.39 is 0 Å². The first-order valence-corrected chi connectivity index (χ1v) is 7.35. The molecule has 0 atom stereocenters. The van der Waals surface area contributed by atoms with Crippen molar-refractivity contribution in [2.45, 2.75) is 19.2 Å². The van der Waals surface area contributed by atoms with Crippen LogP contribution in [0.15, 0.2) is 24.4 Å². The largest absolute Gasteiger partial charge is 0.497 e. The summed E-state index contributed by atoms with van der Waals surface area (Å²) in [6, 6.07) is 5.83. The highest BCUT2D eigenvalue weighted by Crippen LogP contribution is 2.27. The fraction of sp³-hybridized carbons (Fsp3) is 0.333. The van der Waals surface area contributed by atoms with E-state index in [9.17, 15) is 0 Å². The molecule has 0 aliphatic heterocycles. The van der Waals surface area contributed by atoms with Crippen LogP contribution in [0.2, 0.25) is 0 Å². The number of fused-ring (bicyclic) bond motifs is 1. The maximum absolute atomic E-state index is 6.09. The van der Waals surface area contributed by atoms with E-state index in [1.54, 1.807) is 7.11 Å². The normalized spacial score (nSPS) is 11.2. The summed E-state index contributed by atoms with van der Waals surface area (Å²) in [6.45, 7) is 2.09. The lowest BCUT2D eigenvalue weighted by molar-refractivity contribution is 0.415. The lowest BCUT2D eigenvalue weighted by atomic mass is 10.2. The number of methoxy groups -OCH3 is 1. The number of halogens is 1. The van der Waals surface area contributed by atoms with E-state index in [4.69, 9.17) is 16.3 Å². The SMILES string of the molecule is CCc1nn(C)cc1-n1c(CCl)nc2ccc(OC)cc21. The average molecular weight is 305 g/mol. The Labute approximate surface area is 128 Å². The second kappa shape index (κ2) is 5.41. The molecule has 3 rings (SSSR count). The van der Waals surface area contributed by atoms with Crippen molar-refractivity contribution in [3.05, 3.63) is 35.9 Å². The molecule has 0 bridgehead atoms. The minimum atomic E-state index is 0.342. The molecule has 0 radical (unpaired) electrons. The number of nitrogens with zero attached hydrogens (tertiary/aromatic N) is 4. The van der Waals surface area contributed by atoms with Gasteiger partial charge < -0.3 is 4.74 Å². The standard InChI is InChI=1S/C15H17ClN4O/c1-4-11-14(9-19(2)18-11)20-13-7-10(21-3)5-6-12(13)17-15(20)8-16/h5-7,9H,4,8H2,1-3H3. The summed E-state index contributed by atoms with van der Waals surface area (Å²) >= 11 is 6.09. The maximum Gasteiger partial charge on any atom is 0.129 e. The third-order valence-corrected chi connectivity index (χ3v) is 3.75. The predicted molar refractivity (Wildman–Crippen MR) is 83.3 cm³/mol. The lowest BCUT2D eigenvalue weighted by Gasteiger charge is -2.07. The van der Waals surface area contributed by atoms with Crippen LogP contribution < -0.4 is 4.74 Å². The van der Waals surface area contributed by atoms with Crippen molar-refractivity contribution in [3.63, 3.8) is 0 Å². The average Bonchev–Trinajstić information content (AvgIpc) is 3.05. The van der Waals surface area contributed by atoms with Gasteiger partial charge in [0.2, 0.25) is 0 Å². The molecule has 0 unspecified atom stereocenters. The quantitative estimate of drug-likeness (QED) is 0.696. The van der Waals surface area contributed by atoms with Crippen molar-refractivity contribution < 1.29 is 4.74 Å².